The molecule has 24 heavy (non-hydrogen) atoms. The molecule has 1 aromatic heterocycles. The van der Waals surface area contributed by atoms with Crippen LogP contribution in [0.25, 0.3) is 11.0 Å². The molecule has 0 atom stereocenters. The molecule has 2 rings (SSSR count). The summed E-state index contributed by atoms with van der Waals surface area (Å²) in [5.74, 6) is -1.24. The van der Waals surface area contributed by atoms with Crippen molar-refractivity contribution in [3.8, 4) is 5.75 Å². The molecule has 2 N–H and O–H groups in total. The zero-order valence-corrected chi connectivity index (χ0v) is 13.5. The lowest BCUT2D eigenvalue weighted by molar-refractivity contribution is -0.138. The van der Waals surface area contributed by atoms with Crippen molar-refractivity contribution in [2.24, 2.45) is 0 Å². The zero-order valence-electron chi connectivity index (χ0n) is 13.5. The summed E-state index contributed by atoms with van der Waals surface area (Å²) in [4.78, 5) is 33.8. The van der Waals surface area contributed by atoms with E-state index in [1.807, 2.05) is 13.8 Å². The van der Waals surface area contributed by atoms with Gasteiger partial charge in [-0.15, -0.1) is 0 Å². The Morgan fingerprint density at radius 2 is 2.04 bits per heavy atom. The number of carboxylic acid groups (broad SMARTS) is 1. The van der Waals surface area contributed by atoms with Gasteiger partial charge in [0.1, 0.15) is 17.9 Å². The van der Waals surface area contributed by atoms with Crippen LogP contribution in [0.5, 0.6) is 5.75 Å². The van der Waals surface area contributed by atoms with Gasteiger partial charge in [0, 0.05) is 6.07 Å². The number of hydrogen-bond acceptors (Lipinski definition) is 5. The van der Waals surface area contributed by atoms with E-state index in [2.05, 4.69) is 5.32 Å². The maximum atomic E-state index is 11.7. The van der Waals surface area contributed by atoms with Crippen LogP contribution in [0, 0.1) is 6.92 Å². The number of amides is 1. The van der Waals surface area contributed by atoms with E-state index in [4.69, 9.17) is 14.3 Å². The summed E-state index contributed by atoms with van der Waals surface area (Å²) in [5.41, 5.74) is 1.60. The van der Waals surface area contributed by atoms with E-state index in [9.17, 15) is 14.4 Å². The Labute approximate surface area is 138 Å². The third-order valence-electron chi connectivity index (χ3n) is 3.35. The van der Waals surface area contributed by atoms with Crippen LogP contribution in [0.4, 0.5) is 0 Å². The summed E-state index contributed by atoms with van der Waals surface area (Å²) in [6, 6.07) is 4.93. The molecule has 0 fully saturated rings. The Hall–Kier alpha value is -2.83. The Bertz CT molecular complexity index is 824. The number of ether oxygens (including phenoxy) is 1. The minimum atomic E-state index is -1.13. The predicted molar refractivity (Wildman–Crippen MR) is 87.4 cm³/mol. The number of carbonyl (C=O) groups is 2. The third-order valence-corrected chi connectivity index (χ3v) is 3.35. The Morgan fingerprint density at radius 1 is 1.29 bits per heavy atom. The molecule has 128 valence electrons. The fourth-order valence-electron chi connectivity index (χ4n) is 2.42. The van der Waals surface area contributed by atoms with Gasteiger partial charge >= 0.3 is 11.6 Å². The average molecular weight is 333 g/mol. The minimum Gasteiger partial charge on any atom is -0.483 e. The van der Waals surface area contributed by atoms with Crippen LogP contribution in [0.15, 0.2) is 27.4 Å². The van der Waals surface area contributed by atoms with Gasteiger partial charge in [-0.05, 0) is 36.6 Å². The van der Waals surface area contributed by atoms with Gasteiger partial charge in [0.05, 0.1) is 5.39 Å². The highest BCUT2D eigenvalue weighted by Gasteiger charge is 2.14. The number of carboxylic acids is 1. The van der Waals surface area contributed by atoms with E-state index >= 15 is 0 Å². The third kappa shape index (κ3) is 4.34. The van der Waals surface area contributed by atoms with Crippen molar-refractivity contribution < 1.29 is 23.8 Å². The van der Waals surface area contributed by atoms with Crippen molar-refractivity contribution in [3.05, 3.63) is 39.7 Å². The normalized spacial score (nSPS) is 10.6. The second-order valence-electron chi connectivity index (χ2n) is 5.44. The van der Waals surface area contributed by atoms with Crippen molar-refractivity contribution in [2.75, 3.05) is 13.2 Å². The van der Waals surface area contributed by atoms with Gasteiger partial charge in [0.15, 0.2) is 6.61 Å². The maximum absolute atomic E-state index is 11.7. The van der Waals surface area contributed by atoms with Gasteiger partial charge < -0.3 is 19.6 Å². The summed E-state index contributed by atoms with van der Waals surface area (Å²) in [6.07, 6.45) is 1.51. The molecule has 0 bridgehead atoms. The van der Waals surface area contributed by atoms with Crippen LogP contribution in [-0.2, 0) is 16.0 Å². The molecule has 0 aliphatic carbocycles. The first-order valence-electron chi connectivity index (χ1n) is 7.59. The molecule has 0 saturated heterocycles. The second-order valence-corrected chi connectivity index (χ2v) is 5.44. The molecule has 1 aromatic carbocycles. The van der Waals surface area contributed by atoms with Gasteiger partial charge in [-0.1, -0.05) is 13.3 Å². The number of aliphatic carboxylic acids is 1. The Morgan fingerprint density at radius 3 is 2.71 bits per heavy atom. The lowest BCUT2D eigenvalue weighted by Gasteiger charge is -2.12. The number of hydrogen-bond donors (Lipinski definition) is 2. The molecule has 0 aliphatic rings. The molecular weight excluding hydrogens is 314 g/mol. The standard InChI is InChI=1S/C17H19NO6/c1-3-4-11-7-16(22)24-13-6-10(2)5-12(17(11)13)23-9-14(19)18-8-15(20)21/h5-7H,3-4,8-9H2,1-2H3,(H,18,19)(H,20,21). The lowest BCUT2D eigenvalue weighted by Crippen LogP contribution is -2.33. The first-order chi connectivity index (χ1) is 11.4. The SMILES string of the molecule is CCCc1cc(=O)oc2cc(C)cc(OCC(=O)NCC(=O)O)c12. The number of fused-ring (bicyclic) bond motifs is 1. The first-order valence-corrected chi connectivity index (χ1v) is 7.59. The highest BCUT2D eigenvalue weighted by atomic mass is 16.5. The molecule has 0 aliphatic heterocycles. The van der Waals surface area contributed by atoms with Crippen molar-refractivity contribution in [1.82, 2.24) is 5.32 Å². The molecule has 0 spiro atoms. The quantitative estimate of drug-likeness (QED) is 0.746. The summed E-state index contributed by atoms with van der Waals surface area (Å²) >= 11 is 0. The number of rotatable bonds is 7. The monoisotopic (exact) mass is 333 g/mol. The molecule has 0 unspecified atom stereocenters. The summed E-state index contributed by atoms with van der Waals surface area (Å²) in [6.45, 7) is 3.03. The minimum absolute atomic E-state index is 0.323. The van der Waals surface area contributed by atoms with Gasteiger partial charge in [-0.25, -0.2) is 4.79 Å². The summed E-state index contributed by atoms with van der Waals surface area (Å²) in [7, 11) is 0. The van der Waals surface area contributed by atoms with E-state index in [1.165, 1.54) is 6.07 Å². The molecule has 7 nitrogen and oxygen atoms in total. The van der Waals surface area contributed by atoms with Crippen LogP contribution in [-0.4, -0.2) is 30.1 Å². The number of benzene rings is 1. The van der Waals surface area contributed by atoms with E-state index in [0.717, 1.165) is 17.5 Å². The molecule has 1 heterocycles. The second kappa shape index (κ2) is 7.63. The smallest absolute Gasteiger partial charge is 0.336 e. The largest absolute Gasteiger partial charge is 0.483 e. The van der Waals surface area contributed by atoms with E-state index in [-0.39, 0.29) is 6.61 Å². The predicted octanol–water partition coefficient (Wildman–Crippen LogP) is 1.63. The van der Waals surface area contributed by atoms with Crippen LogP contribution in [0.3, 0.4) is 0 Å². The van der Waals surface area contributed by atoms with Crippen molar-refractivity contribution in [3.63, 3.8) is 0 Å². The summed E-state index contributed by atoms with van der Waals surface area (Å²) in [5, 5.41) is 11.4. The summed E-state index contributed by atoms with van der Waals surface area (Å²) < 4.78 is 10.8. The fraction of sp³-hybridized carbons (Fsp3) is 0.353. The molecular formula is C17H19NO6. The van der Waals surface area contributed by atoms with Crippen molar-refractivity contribution >= 4 is 22.8 Å². The topological polar surface area (TPSA) is 106 Å². The van der Waals surface area contributed by atoms with Crippen molar-refractivity contribution in [2.45, 2.75) is 26.7 Å². The molecule has 1 amide bonds. The maximum Gasteiger partial charge on any atom is 0.336 e. The van der Waals surface area contributed by atoms with Crippen LogP contribution < -0.4 is 15.7 Å². The Kier molecular flexibility index (Phi) is 5.57. The van der Waals surface area contributed by atoms with Gasteiger partial charge in [0.25, 0.3) is 5.91 Å². The van der Waals surface area contributed by atoms with E-state index in [1.54, 1.807) is 12.1 Å². The van der Waals surface area contributed by atoms with Gasteiger partial charge in [0.2, 0.25) is 0 Å². The molecule has 2 aromatic rings. The van der Waals surface area contributed by atoms with Crippen LogP contribution >= 0.6 is 0 Å². The highest BCUT2D eigenvalue weighted by molar-refractivity contribution is 5.88. The van der Waals surface area contributed by atoms with Crippen molar-refractivity contribution in [1.29, 1.82) is 0 Å². The average Bonchev–Trinajstić information content (AvgIpc) is 2.50. The number of carbonyl (C=O) groups excluding carboxylic acids is 1. The van der Waals surface area contributed by atoms with E-state index in [0.29, 0.717) is 23.1 Å². The van der Waals surface area contributed by atoms with Crippen LogP contribution in [0.1, 0.15) is 24.5 Å². The molecule has 0 radical (unpaired) electrons. The lowest BCUT2D eigenvalue weighted by atomic mass is 10.0. The van der Waals surface area contributed by atoms with Gasteiger partial charge in [-0.2, -0.15) is 0 Å². The highest BCUT2D eigenvalue weighted by Crippen LogP contribution is 2.30. The first kappa shape index (κ1) is 17.5. The number of nitrogens with one attached hydrogen (secondary N) is 1. The van der Waals surface area contributed by atoms with Crippen LogP contribution in [0.2, 0.25) is 0 Å². The Balaban J connectivity index is 2.33. The molecule has 7 heteroatoms. The van der Waals surface area contributed by atoms with Gasteiger partial charge in [-0.3, -0.25) is 9.59 Å². The number of aryl methyl sites for hydroxylation is 2. The zero-order chi connectivity index (χ0) is 17.7. The molecule has 0 saturated carbocycles. The van der Waals surface area contributed by atoms with E-state index < -0.39 is 24.0 Å². The fourth-order valence-corrected chi connectivity index (χ4v) is 2.42.